The molecule has 0 unspecified atom stereocenters. The van der Waals surface area contributed by atoms with Gasteiger partial charge in [0, 0.05) is 8.78 Å². The standard InChI is InChI=1S/C13H17N/c1-4-10-14(3)12(2)11-13-8-6-5-7-9-13/h1,5-9,12H,10-11H2,2-3H3/t12-/m1/s1/i10D2,11D2. The molecule has 0 aliphatic heterocycles. The molecule has 1 atom stereocenters. The van der Waals surface area contributed by atoms with Crippen LogP contribution in [0.3, 0.4) is 0 Å². The third kappa shape index (κ3) is 3.24. The van der Waals surface area contributed by atoms with Gasteiger partial charge in [0.05, 0.1) is 9.24 Å². The summed E-state index contributed by atoms with van der Waals surface area (Å²) in [5.74, 6) is 2.04. The van der Waals surface area contributed by atoms with Crippen LogP contribution in [0.1, 0.15) is 18.0 Å². The van der Waals surface area contributed by atoms with Gasteiger partial charge in [0.15, 0.2) is 0 Å². The van der Waals surface area contributed by atoms with Gasteiger partial charge in [-0.2, -0.15) is 0 Å². The zero-order chi connectivity index (χ0) is 14.0. The van der Waals surface area contributed by atoms with Crippen molar-refractivity contribution in [2.75, 3.05) is 13.5 Å². The Morgan fingerprint density at radius 3 is 2.71 bits per heavy atom. The number of likely N-dealkylation sites (N-methyl/N-ethyl adjacent to an activating group) is 1. The summed E-state index contributed by atoms with van der Waals surface area (Å²) in [6.45, 7) is -0.344. The monoisotopic (exact) mass is 191 g/mol. The van der Waals surface area contributed by atoms with Crippen molar-refractivity contribution in [1.82, 2.24) is 4.90 Å². The maximum Gasteiger partial charge on any atom is 0.0598 e. The molecule has 0 saturated carbocycles. The second-order valence-electron chi connectivity index (χ2n) is 3.05. The molecule has 0 radical (unpaired) electrons. The van der Waals surface area contributed by atoms with Gasteiger partial charge in [-0.15, -0.1) is 6.42 Å². The van der Waals surface area contributed by atoms with Gasteiger partial charge in [0.25, 0.3) is 0 Å². The van der Waals surface area contributed by atoms with Crippen LogP contribution in [0.2, 0.25) is 0 Å². The Kier molecular flexibility index (Phi) is 2.45. The lowest BCUT2D eigenvalue weighted by atomic mass is 10.1. The van der Waals surface area contributed by atoms with Crippen molar-refractivity contribution < 1.29 is 5.48 Å². The lowest BCUT2D eigenvalue weighted by Gasteiger charge is -2.22. The Bertz CT molecular complexity index is 436. The molecule has 0 N–H and O–H groups in total. The van der Waals surface area contributed by atoms with E-state index in [1.807, 2.05) is 12.0 Å². The molecule has 0 fully saturated rings. The van der Waals surface area contributed by atoms with Crippen LogP contribution in [0.15, 0.2) is 30.3 Å². The Balaban J connectivity index is 3.04. The molecule has 1 aromatic rings. The van der Waals surface area contributed by atoms with E-state index < -0.39 is 18.9 Å². The fourth-order valence-electron chi connectivity index (χ4n) is 1.07. The number of nitrogens with zero attached hydrogens (tertiary/aromatic N) is 1. The van der Waals surface area contributed by atoms with E-state index in [0.29, 0.717) is 5.56 Å². The first-order chi connectivity index (χ1) is 8.23. The molecule has 0 spiro atoms. The molecule has 1 rings (SSSR count). The summed E-state index contributed by atoms with van der Waals surface area (Å²) >= 11 is 0. The Morgan fingerprint density at radius 2 is 2.14 bits per heavy atom. The van der Waals surface area contributed by atoms with Crippen LogP contribution in [-0.4, -0.2) is 24.5 Å². The molecule has 0 bridgehead atoms. The van der Waals surface area contributed by atoms with E-state index in [2.05, 4.69) is 0 Å². The van der Waals surface area contributed by atoms with E-state index in [1.165, 1.54) is 11.9 Å². The molecular weight excluding hydrogens is 170 g/mol. The van der Waals surface area contributed by atoms with E-state index in [-0.39, 0.29) is 0 Å². The van der Waals surface area contributed by atoms with Crippen molar-refractivity contribution in [3.63, 3.8) is 0 Å². The van der Waals surface area contributed by atoms with Crippen LogP contribution in [0, 0.1) is 12.3 Å². The highest BCUT2D eigenvalue weighted by Gasteiger charge is 2.07. The fraction of sp³-hybridized carbons (Fsp3) is 0.385. The highest BCUT2D eigenvalue weighted by Crippen LogP contribution is 2.06. The minimum absolute atomic E-state index is 0.511. The SMILES string of the molecule is [2H]C([2H])(c1ccccc1)[C@@H](C)N(C)C([2H])([2H])C#C. The molecule has 1 heteroatoms. The predicted molar refractivity (Wildman–Crippen MR) is 61.1 cm³/mol. The molecule has 0 amide bonds. The number of terminal acetylenes is 1. The topological polar surface area (TPSA) is 3.24 Å². The Labute approximate surface area is 92.4 Å². The molecule has 1 nitrogen and oxygen atoms in total. The maximum atomic E-state index is 8.15. The third-order valence-corrected chi connectivity index (χ3v) is 1.97. The Morgan fingerprint density at radius 1 is 1.50 bits per heavy atom. The largest absolute Gasteiger partial charge is 0.292 e. The lowest BCUT2D eigenvalue weighted by molar-refractivity contribution is 0.287. The fourth-order valence-corrected chi connectivity index (χ4v) is 1.07. The van der Waals surface area contributed by atoms with Crippen LogP contribution >= 0.6 is 0 Å². The molecular formula is C13H17N. The molecule has 0 saturated heterocycles. The molecule has 0 aromatic heterocycles. The second kappa shape index (κ2) is 5.47. The van der Waals surface area contributed by atoms with Crippen molar-refractivity contribution in [2.24, 2.45) is 0 Å². The van der Waals surface area contributed by atoms with E-state index >= 15 is 0 Å². The summed E-state index contributed by atoms with van der Waals surface area (Å²) in [7, 11) is 1.49. The molecule has 74 valence electrons. The molecule has 1 aromatic carbocycles. The van der Waals surface area contributed by atoms with Crippen molar-refractivity contribution >= 4 is 0 Å². The minimum atomic E-state index is -1.97. The van der Waals surface area contributed by atoms with E-state index in [1.54, 1.807) is 31.2 Å². The lowest BCUT2D eigenvalue weighted by Crippen LogP contribution is -2.31. The van der Waals surface area contributed by atoms with Gasteiger partial charge in [-0.3, -0.25) is 4.90 Å². The van der Waals surface area contributed by atoms with Crippen molar-refractivity contribution in [3.05, 3.63) is 35.9 Å². The third-order valence-electron chi connectivity index (χ3n) is 1.97. The van der Waals surface area contributed by atoms with Crippen LogP contribution in [0.25, 0.3) is 0 Å². The first-order valence-corrected chi connectivity index (χ1v) is 4.49. The molecule has 0 heterocycles. The quantitative estimate of drug-likeness (QED) is 0.659. The Hall–Kier alpha value is -1.26. The average Bonchev–Trinajstić information content (AvgIpc) is 2.37. The normalized spacial score (nSPS) is 18.7. The molecule has 0 aliphatic carbocycles. The van der Waals surface area contributed by atoms with Crippen LogP contribution < -0.4 is 0 Å². The number of benzene rings is 1. The summed E-state index contributed by atoms with van der Waals surface area (Å²) in [5.41, 5.74) is 0.511. The number of hydrogen-bond acceptors (Lipinski definition) is 1. The first-order valence-electron chi connectivity index (χ1n) is 6.49. The van der Waals surface area contributed by atoms with Crippen LogP contribution in [0.4, 0.5) is 0 Å². The van der Waals surface area contributed by atoms with Gasteiger partial charge < -0.3 is 0 Å². The predicted octanol–water partition coefficient (Wildman–Crippen LogP) is 2.18. The smallest absolute Gasteiger partial charge is 0.0598 e. The first kappa shape index (κ1) is 6.27. The zero-order valence-corrected chi connectivity index (χ0v) is 8.49. The minimum Gasteiger partial charge on any atom is -0.292 e. The van der Waals surface area contributed by atoms with Crippen LogP contribution in [-0.2, 0) is 6.37 Å². The van der Waals surface area contributed by atoms with Gasteiger partial charge in [-0.1, -0.05) is 36.3 Å². The zero-order valence-electron chi connectivity index (χ0n) is 12.5. The average molecular weight is 191 g/mol. The summed E-state index contributed by atoms with van der Waals surface area (Å²) < 4.78 is 31.6. The summed E-state index contributed by atoms with van der Waals surface area (Å²) in [5, 5.41) is 0. The number of hydrogen-bond donors (Lipinski definition) is 0. The van der Waals surface area contributed by atoms with Crippen molar-refractivity contribution in [2.45, 2.75) is 19.3 Å². The van der Waals surface area contributed by atoms with Crippen molar-refractivity contribution in [1.29, 1.82) is 0 Å². The summed E-state index contributed by atoms with van der Waals surface area (Å²) in [6, 6.07) is 8.03. The van der Waals surface area contributed by atoms with E-state index in [4.69, 9.17) is 11.9 Å². The van der Waals surface area contributed by atoms with E-state index in [0.717, 1.165) is 0 Å². The number of rotatable bonds is 4. The summed E-state index contributed by atoms with van der Waals surface area (Å²) in [4.78, 5) is 1.24. The van der Waals surface area contributed by atoms with E-state index in [9.17, 15) is 0 Å². The van der Waals surface area contributed by atoms with Gasteiger partial charge in [0.2, 0.25) is 0 Å². The molecule has 0 aliphatic rings. The second-order valence-corrected chi connectivity index (χ2v) is 3.05. The van der Waals surface area contributed by atoms with Gasteiger partial charge >= 0.3 is 0 Å². The highest BCUT2D eigenvalue weighted by atomic mass is 15.1. The molecule has 14 heavy (non-hydrogen) atoms. The van der Waals surface area contributed by atoms with Gasteiger partial charge in [-0.05, 0) is 25.9 Å². The maximum absolute atomic E-state index is 8.15. The highest BCUT2D eigenvalue weighted by molar-refractivity contribution is 5.15. The van der Waals surface area contributed by atoms with Crippen molar-refractivity contribution in [3.8, 4) is 12.3 Å². The van der Waals surface area contributed by atoms with Gasteiger partial charge in [0.1, 0.15) is 0 Å². The summed E-state index contributed by atoms with van der Waals surface area (Å²) in [6.07, 6.45) is 3.46. The van der Waals surface area contributed by atoms with Crippen LogP contribution in [0.5, 0.6) is 0 Å². The van der Waals surface area contributed by atoms with Gasteiger partial charge in [-0.25, -0.2) is 0 Å².